The molecule has 0 saturated carbocycles. The van der Waals surface area contributed by atoms with E-state index in [-0.39, 0.29) is 17.3 Å². The first kappa shape index (κ1) is 17.7. The zero-order valence-corrected chi connectivity index (χ0v) is 14.8. The Balaban J connectivity index is 1.52. The average molecular weight is 373 g/mol. The lowest BCUT2D eigenvalue weighted by Crippen LogP contribution is -1.96. The Bertz CT molecular complexity index is 1180. The van der Waals surface area contributed by atoms with Crippen LogP contribution in [0.15, 0.2) is 83.4 Å². The van der Waals surface area contributed by atoms with Crippen LogP contribution in [0.4, 0.5) is 4.39 Å². The minimum absolute atomic E-state index is 0.115. The molecule has 4 aromatic rings. The molecule has 0 saturated heterocycles. The standard InChI is InChI=1S/C23H16FNO3/c24-18-7-5-15(6-8-18)11-19-9-10-23(28-19)22(27)13-21(26)20-12-16-3-1-2-4-17(16)14-25-20/h1-10,12-14,26H,11H2. The first-order chi connectivity index (χ1) is 13.6. The normalized spacial score (nSPS) is 11.7. The van der Waals surface area contributed by atoms with Gasteiger partial charge in [0.15, 0.2) is 5.76 Å². The Hall–Kier alpha value is -3.73. The summed E-state index contributed by atoms with van der Waals surface area (Å²) >= 11 is 0. The predicted octanol–water partition coefficient (Wildman–Crippen LogP) is 5.34. The molecule has 0 radical (unpaired) electrons. The molecule has 2 heterocycles. The maximum absolute atomic E-state index is 13.0. The predicted molar refractivity (Wildman–Crippen MR) is 105 cm³/mol. The van der Waals surface area contributed by atoms with Crippen LogP contribution < -0.4 is 0 Å². The van der Waals surface area contributed by atoms with E-state index in [2.05, 4.69) is 4.98 Å². The number of aliphatic hydroxyl groups is 1. The topological polar surface area (TPSA) is 63.3 Å². The van der Waals surface area contributed by atoms with Crippen molar-refractivity contribution in [3.8, 4) is 0 Å². The molecule has 0 unspecified atom stereocenters. The minimum Gasteiger partial charge on any atom is -0.506 e. The fourth-order valence-electron chi connectivity index (χ4n) is 2.90. The lowest BCUT2D eigenvalue weighted by atomic mass is 10.1. The molecule has 0 spiro atoms. The number of pyridine rings is 1. The molecule has 4 rings (SSSR count). The summed E-state index contributed by atoms with van der Waals surface area (Å²) in [6, 6.07) is 18.7. The second kappa shape index (κ2) is 7.48. The molecule has 2 aromatic heterocycles. The van der Waals surface area contributed by atoms with Crippen LogP contribution in [0.1, 0.15) is 27.6 Å². The molecule has 0 fully saturated rings. The fraction of sp³-hybridized carbons (Fsp3) is 0.0435. The molecular formula is C23H16FNO3. The van der Waals surface area contributed by atoms with Crippen LogP contribution >= 0.6 is 0 Å². The summed E-state index contributed by atoms with van der Waals surface area (Å²) in [6.07, 6.45) is 3.18. The number of hydrogen-bond acceptors (Lipinski definition) is 4. The highest BCUT2D eigenvalue weighted by Crippen LogP contribution is 2.19. The second-order valence-electron chi connectivity index (χ2n) is 6.38. The summed E-state index contributed by atoms with van der Waals surface area (Å²) in [5.74, 6) is -0.303. The molecule has 138 valence electrons. The lowest BCUT2D eigenvalue weighted by molar-refractivity contribution is 0.101. The monoisotopic (exact) mass is 373 g/mol. The number of halogens is 1. The SMILES string of the molecule is O=C(C=C(O)c1cc2ccccc2cn1)c1ccc(Cc2ccc(F)cc2)o1. The van der Waals surface area contributed by atoms with Crippen molar-refractivity contribution < 1.29 is 18.7 Å². The Labute approximate surface area is 160 Å². The Kier molecular flexibility index (Phi) is 4.72. The van der Waals surface area contributed by atoms with Gasteiger partial charge >= 0.3 is 0 Å². The van der Waals surface area contributed by atoms with Crippen molar-refractivity contribution in [3.05, 3.63) is 108 Å². The highest BCUT2D eigenvalue weighted by molar-refractivity contribution is 6.06. The van der Waals surface area contributed by atoms with E-state index in [0.717, 1.165) is 22.4 Å². The van der Waals surface area contributed by atoms with E-state index < -0.39 is 5.78 Å². The van der Waals surface area contributed by atoms with Crippen LogP contribution in [0.2, 0.25) is 0 Å². The number of furan rings is 1. The number of ketones is 1. The van der Waals surface area contributed by atoms with Gasteiger partial charge < -0.3 is 9.52 Å². The first-order valence-corrected chi connectivity index (χ1v) is 8.72. The number of aliphatic hydroxyl groups excluding tert-OH is 1. The van der Waals surface area contributed by atoms with Crippen molar-refractivity contribution in [2.75, 3.05) is 0 Å². The van der Waals surface area contributed by atoms with Crippen LogP contribution in [0, 0.1) is 5.82 Å². The van der Waals surface area contributed by atoms with Crippen LogP contribution in [-0.4, -0.2) is 15.9 Å². The van der Waals surface area contributed by atoms with Crippen molar-refractivity contribution >= 4 is 22.3 Å². The van der Waals surface area contributed by atoms with E-state index in [9.17, 15) is 14.3 Å². The van der Waals surface area contributed by atoms with Crippen LogP contribution in [-0.2, 0) is 6.42 Å². The largest absolute Gasteiger partial charge is 0.506 e. The average Bonchev–Trinajstić information content (AvgIpc) is 3.18. The van der Waals surface area contributed by atoms with Gasteiger partial charge in [-0.15, -0.1) is 0 Å². The van der Waals surface area contributed by atoms with Crippen LogP contribution in [0.5, 0.6) is 0 Å². The molecular weight excluding hydrogens is 357 g/mol. The van der Waals surface area contributed by atoms with Gasteiger partial charge in [-0.3, -0.25) is 9.78 Å². The summed E-state index contributed by atoms with van der Waals surface area (Å²) in [6.45, 7) is 0. The number of hydrogen-bond donors (Lipinski definition) is 1. The van der Waals surface area contributed by atoms with Crippen molar-refractivity contribution in [2.24, 2.45) is 0 Å². The van der Waals surface area contributed by atoms with Gasteiger partial charge in [0.1, 0.15) is 23.0 Å². The van der Waals surface area contributed by atoms with Gasteiger partial charge in [0.25, 0.3) is 0 Å². The van der Waals surface area contributed by atoms with Gasteiger partial charge in [0, 0.05) is 24.1 Å². The molecule has 0 atom stereocenters. The molecule has 28 heavy (non-hydrogen) atoms. The third-order valence-corrected chi connectivity index (χ3v) is 4.36. The van der Waals surface area contributed by atoms with Crippen molar-refractivity contribution in [2.45, 2.75) is 6.42 Å². The van der Waals surface area contributed by atoms with E-state index in [1.807, 2.05) is 24.3 Å². The molecule has 0 amide bonds. The Morgan fingerprint density at radius 2 is 1.79 bits per heavy atom. The van der Waals surface area contributed by atoms with Gasteiger partial charge in [-0.05, 0) is 41.3 Å². The molecule has 0 aliphatic rings. The number of fused-ring (bicyclic) bond motifs is 1. The van der Waals surface area contributed by atoms with Crippen LogP contribution in [0.25, 0.3) is 16.5 Å². The van der Waals surface area contributed by atoms with E-state index in [1.165, 1.54) is 12.1 Å². The number of benzene rings is 2. The van der Waals surface area contributed by atoms with E-state index in [4.69, 9.17) is 4.42 Å². The van der Waals surface area contributed by atoms with E-state index >= 15 is 0 Å². The quantitative estimate of drug-likeness (QED) is 0.291. The number of allylic oxidation sites excluding steroid dienone is 1. The maximum atomic E-state index is 13.0. The summed E-state index contributed by atoms with van der Waals surface area (Å²) in [5.41, 5.74) is 1.18. The molecule has 1 N–H and O–H groups in total. The smallest absolute Gasteiger partial charge is 0.224 e. The zero-order valence-electron chi connectivity index (χ0n) is 14.8. The number of carbonyl (C=O) groups excluding carboxylic acids is 1. The van der Waals surface area contributed by atoms with Crippen LogP contribution in [0.3, 0.4) is 0 Å². The molecule has 0 aliphatic heterocycles. The summed E-state index contributed by atoms with van der Waals surface area (Å²) in [5, 5.41) is 12.1. The molecule has 4 nitrogen and oxygen atoms in total. The number of aromatic nitrogens is 1. The van der Waals surface area contributed by atoms with Gasteiger partial charge in [-0.1, -0.05) is 36.4 Å². The summed E-state index contributed by atoms with van der Waals surface area (Å²) in [7, 11) is 0. The highest BCUT2D eigenvalue weighted by Gasteiger charge is 2.12. The molecule has 2 aromatic carbocycles. The first-order valence-electron chi connectivity index (χ1n) is 8.72. The zero-order chi connectivity index (χ0) is 19.5. The Morgan fingerprint density at radius 3 is 2.57 bits per heavy atom. The third kappa shape index (κ3) is 3.83. The highest BCUT2D eigenvalue weighted by atomic mass is 19.1. The number of rotatable bonds is 5. The molecule has 0 bridgehead atoms. The number of carbonyl (C=O) groups is 1. The van der Waals surface area contributed by atoms with E-state index in [0.29, 0.717) is 17.9 Å². The van der Waals surface area contributed by atoms with E-state index in [1.54, 1.807) is 36.5 Å². The second-order valence-corrected chi connectivity index (χ2v) is 6.38. The fourth-order valence-corrected chi connectivity index (χ4v) is 2.90. The summed E-state index contributed by atoms with van der Waals surface area (Å²) < 4.78 is 18.5. The minimum atomic E-state index is -0.460. The van der Waals surface area contributed by atoms with Crippen molar-refractivity contribution in [1.29, 1.82) is 0 Å². The molecule has 0 aliphatic carbocycles. The third-order valence-electron chi connectivity index (χ3n) is 4.36. The van der Waals surface area contributed by atoms with Crippen molar-refractivity contribution in [3.63, 3.8) is 0 Å². The van der Waals surface area contributed by atoms with Crippen molar-refractivity contribution in [1.82, 2.24) is 4.98 Å². The van der Waals surface area contributed by atoms with Gasteiger partial charge in [0.2, 0.25) is 5.78 Å². The molecule has 5 heteroatoms. The van der Waals surface area contributed by atoms with Gasteiger partial charge in [-0.2, -0.15) is 0 Å². The van der Waals surface area contributed by atoms with Gasteiger partial charge in [0.05, 0.1) is 0 Å². The Morgan fingerprint density at radius 1 is 1.04 bits per heavy atom. The maximum Gasteiger partial charge on any atom is 0.224 e. The number of nitrogens with zero attached hydrogens (tertiary/aromatic N) is 1. The lowest BCUT2D eigenvalue weighted by Gasteiger charge is -2.02. The summed E-state index contributed by atoms with van der Waals surface area (Å²) in [4.78, 5) is 16.6. The van der Waals surface area contributed by atoms with Gasteiger partial charge in [-0.25, -0.2) is 4.39 Å².